The van der Waals surface area contributed by atoms with Crippen LogP contribution in [0.3, 0.4) is 0 Å². The Morgan fingerprint density at radius 2 is 0.615 bits per heavy atom. The summed E-state index contributed by atoms with van der Waals surface area (Å²) < 4.78 is 31.6. The van der Waals surface area contributed by atoms with Crippen molar-refractivity contribution in [2.24, 2.45) is 23.3 Å². The maximum Gasteiger partial charge on any atom is 0.394 e. The van der Waals surface area contributed by atoms with Gasteiger partial charge in [-0.05, 0) is 50.6 Å². The molecule has 39 heavy (non-hydrogen) atoms. The normalized spacial score (nSPS) is 12.7. The predicted octanol–water partition coefficient (Wildman–Crippen LogP) is 9.91. The van der Waals surface area contributed by atoms with Gasteiger partial charge in [-0.15, -0.1) is 0 Å². The largest absolute Gasteiger partial charge is 0.394 e. The van der Waals surface area contributed by atoms with Crippen molar-refractivity contribution in [3.05, 3.63) is 0 Å². The van der Waals surface area contributed by atoms with Crippen LogP contribution in [0.25, 0.3) is 0 Å². The minimum absolute atomic E-state index is 0.804. The molecule has 0 bridgehead atoms. The van der Waals surface area contributed by atoms with Crippen molar-refractivity contribution in [1.29, 1.82) is 0 Å². The number of rotatable bonds is 26. The Morgan fingerprint density at radius 1 is 0.436 bits per heavy atom. The minimum Gasteiger partial charge on any atom is -0.330 e. The van der Waals surface area contributed by atoms with Crippen LogP contribution in [-0.4, -0.2) is 30.6 Å². The van der Waals surface area contributed by atoms with Gasteiger partial charge < -0.3 is 11.5 Å². The standard InChI is InChI=1S/2C16H35N.H2O4S/c2*1-3-5-7-9-10-12-14-16(15-17)13-11-8-6-4-2;1-5(2,3)4/h2*16H,3-15,17H2,1-2H3;(H2,1,2,3,4). The third-order valence-corrected chi connectivity index (χ3v) is 7.53. The second-order valence-corrected chi connectivity index (χ2v) is 12.4. The van der Waals surface area contributed by atoms with E-state index in [1.54, 1.807) is 0 Å². The topological polar surface area (TPSA) is 127 Å². The molecule has 0 aliphatic carbocycles. The van der Waals surface area contributed by atoms with Crippen LogP contribution in [0.4, 0.5) is 0 Å². The molecule has 0 aliphatic rings. The highest BCUT2D eigenvalue weighted by Gasteiger charge is 2.06. The van der Waals surface area contributed by atoms with Crippen LogP contribution in [-0.2, 0) is 10.4 Å². The quantitative estimate of drug-likeness (QED) is 0.0595. The van der Waals surface area contributed by atoms with Crippen molar-refractivity contribution in [2.45, 2.75) is 182 Å². The maximum absolute atomic E-state index is 8.74. The zero-order valence-corrected chi connectivity index (χ0v) is 27.6. The fourth-order valence-corrected chi connectivity index (χ4v) is 4.91. The predicted molar refractivity (Wildman–Crippen MR) is 173 cm³/mol. The lowest BCUT2D eigenvalue weighted by molar-refractivity contribution is 0.381. The van der Waals surface area contributed by atoms with Crippen LogP contribution in [0.2, 0.25) is 0 Å². The Hall–Kier alpha value is -0.210. The molecular formula is C32H72N2O4S. The number of hydrogen-bond acceptors (Lipinski definition) is 4. The van der Waals surface area contributed by atoms with E-state index in [1.165, 1.54) is 154 Å². The second kappa shape index (κ2) is 35.8. The highest BCUT2D eigenvalue weighted by molar-refractivity contribution is 7.79. The van der Waals surface area contributed by atoms with Crippen LogP contribution in [0.5, 0.6) is 0 Å². The molecule has 0 rings (SSSR count). The first-order valence-electron chi connectivity index (χ1n) is 16.8. The average Bonchev–Trinajstić information content (AvgIpc) is 2.90. The summed E-state index contributed by atoms with van der Waals surface area (Å²) in [6.45, 7) is 10.9. The van der Waals surface area contributed by atoms with E-state index in [0.29, 0.717) is 0 Å². The first kappa shape index (κ1) is 43.2. The molecule has 2 unspecified atom stereocenters. The summed E-state index contributed by atoms with van der Waals surface area (Å²) in [5.41, 5.74) is 11.7. The van der Waals surface area contributed by atoms with Crippen LogP contribution < -0.4 is 11.5 Å². The van der Waals surface area contributed by atoms with E-state index in [2.05, 4.69) is 27.7 Å². The molecule has 6 N–H and O–H groups in total. The van der Waals surface area contributed by atoms with Crippen molar-refractivity contribution < 1.29 is 17.5 Å². The fraction of sp³-hybridized carbons (Fsp3) is 1.00. The Bertz CT molecular complexity index is 492. The average molecular weight is 581 g/mol. The number of hydrogen-bond donors (Lipinski definition) is 4. The Morgan fingerprint density at radius 3 is 0.821 bits per heavy atom. The lowest BCUT2D eigenvalue weighted by Crippen LogP contribution is -2.14. The van der Waals surface area contributed by atoms with Gasteiger partial charge in [0.15, 0.2) is 0 Å². The fourth-order valence-electron chi connectivity index (χ4n) is 4.91. The summed E-state index contributed by atoms with van der Waals surface area (Å²) in [6.07, 6.45) is 33.4. The molecule has 0 saturated heterocycles. The molecular weight excluding hydrogens is 508 g/mol. The Kier molecular flexibility index (Phi) is 39.7. The molecule has 2 atom stereocenters. The van der Waals surface area contributed by atoms with Gasteiger partial charge in [-0.1, -0.05) is 156 Å². The van der Waals surface area contributed by atoms with Gasteiger partial charge in [-0.3, -0.25) is 9.11 Å². The van der Waals surface area contributed by atoms with Gasteiger partial charge in [0, 0.05) is 0 Å². The lowest BCUT2D eigenvalue weighted by Gasteiger charge is -2.14. The van der Waals surface area contributed by atoms with Crippen LogP contribution in [0.15, 0.2) is 0 Å². The smallest absolute Gasteiger partial charge is 0.330 e. The van der Waals surface area contributed by atoms with Gasteiger partial charge in [0.2, 0.25) is 0 Å². The van der Waals surface area contributed by atoms with Gasteiger partial charge in [-0.25, -0.2) is 0 Å². The van der Waals surface area contributed by atoms with Crippen LogP contribution in [0.1, 0.15) is 182 Å². The molecule has 0 heterocycles. The summed E-state index contributed by atoms with van der Waals surface area (Å²) in [5, 5.41) is 0. The summed E-state index contributed by atoms with van der Waals surface area (Å²) >= 11 is 0. The molecule has 6 nitrogen and oxygen atoms in total. The van der Waals surface area contributed by atoms with E-state index in [0.717, 1.165) is 24.9 Å². The summed E-state index contributed by atoms with van der Waals surface area (Å²) in [5.74, 6) is 1.61. The molecule has 0 aromatic heterocycles. The van der Waals surface area contributed by atoms with E-state index in [-0.39, 0.29) is 0 Å². The Balaban J connectivity index is -0.000000566. The van der Waals surface area contributed by atoms with Crippen LogP contribution in [0, 0.1) is 11.8 Å². The van der Waals surface area contributed by atoms with E-state index >= 15 is 0 Å². The van der Waals surface area contributed by atoms with E-state index in [9.17, 15) is 0 Å². The van der Waals surface area contributed by atoms with Crippen molar-refractivity contribution in [1.82, 2.24) is 0 Å². The monoisotopic (exact) mass is 581 g/mol. The highest BCUT2D eigenvalue weighted by atomic mass is 32.3. The van der Waals surface area contributed by atoms with Crippen molar-refractivity contribution in [3.63, 3.8) is 0 Å². The molecule has 0 saturated carbocycles. The molecule has 0 fully saturated rings. The van der Waals surface area contributed by atoms with Gasteiger partial charge in [0.1, 0.15) is 0 Å². The molecule has 0 aromatic carbocycles. The van der Waals surface area contributed by atoms with Crippen molar-refractivity contribution in [2.75, 3.05) is 13.1 Å². The third kappa shape index (κ3) is 47.9. The number of unbranched alkanes of at least 4 members (excludes halogenated alkanes) is 16. The van der Waals surface area contributed by atoms with E-state index in [4.69, 9.17) is 29.0 Å². The molecule has 7 heteroatoms. The van der Waals surface area contributed by atoms with Gasteiger partial charge in [-0.2, -0.15) is 8.42 Å². The molecule has 0 amide bonds. The zero-order chi connectivity index (χ0) is 30.0. The van der Waals surface area contributed by atoms with Crippen LogP contribution >= 0.6 is 0 Å². The van der Waals surface area contributed by atoms with Gasteiger partial charge in [0.05, 0.1) is 0 Å². The summed E-state index contributed by atoms with van der Waals surface area (Å²) in [6, 6.07) is 0. The van der Waals surface area contributed by atoms with Crippen molar-refractivity contribution in [3.8, 4) is 0 Å². The molecule has 0 spiro atoms. The van der Waals surface area contributed by atoms with Gasteiger partial charge in [0.25, 0.3) is 0 Å². The third-order valence-electron chi connectivity index (χ3n) is 7.53. The second-order valence-electron chi connectivity index (χ2n) is 11.5. The SMILES string of the molecule is CCCCCCCCC(CN)CCCCCC.CCCCCCCCC(CN)CCCCCC.O=S(=O)(O)O. The van der Waals surface area contributed by atoms with Gasteiger partial charge >= 0.3 is 10.4 Å². The molecule has 0 aliphatic heterocycles. The summed E-state index contributed by atoms with van der Waals surface area (Å²) in [7, 11) is -4.67. The molecule has 0 radical (unpaired) electrons. The van der Waals surface area contributed by atoms with Crippen molar-refractivity contribution >= 4 is 10.4 Å². The molecule has 0 aromatic rings. The first-order valence-corrected chi connectivity index (χ1v) is 18.2. The zero-order valence-electron chi connectivity index (χ0n) is 26.8. The van der Waals surface area contributed by atoms with E-state index < -0.39 is 10.4 Å². The Labute approximate surface area is 245 Å². The maximum atomic E-state index is 8.74. The lowest BCUT2D eigenvalue weighted by atomic mass is 9.94. The first-order chi connectivity index (χ1) is 18.7. The highest BCUT2D eigenvalue weighted by Crippen LogP contribution is 2.19. The molecule has 240 valence electrons. The number of nitrogens with two attached hydrogens (primary N) is 2. The minimum atomic E-state index is -4.67. The van der Waals surface area contributed by atoms with E-state index in [1.807, 2.05) is 0 Å². The summed E-state index contributed by atoms with van der Waals surface area (Å²) in [4.78, 5) is 0.